The van der Waals surface area contributed by atoms with Gasteiger partial charge in [0.1, 0.15) is 17.7 Å². The number of carbonyl (C=O) groups excluding carboxylic acids is 1. The zero-order valence-corrected chi connectivity index (χ0v) is 21.8. The SMILES string of the molecule is Cc1ccc(NC(=O)N2CC[C@@H](CC(F)(F)F)C2)cc1-c1cc(N[C@@H](CO)C(F)(F)F)nc(N2CCOCC2)c1. The lowest BCUT2D eigenvalue weighted by Gasteiger charge is -2.29. The summed E-state index contributed by atoms with van der Waals surface area (Å²) in [6.07, 6.45) is -9.68. The molecule has 2 aliphatic rings. The van der Waals surface area contributed by atoms with Crippen LogP contribution in [0.1, 0.15) is 18.4 Å². The summed E-state index contributed by atoms with van der Waals surface area (Å²) in [6.45, 7) is 2.66. The second-order valence-electron chi connectivity index (χ2n) is 10.00. The van der Waals surface area contributed by atoms with Crippen LogP contribution in [0.3, 0.4) is 0 Å². The van der Waals surface area contributed by atoms with E-state index < -0.39 is 43.4 Å². The molecule has 3 N–H and O–H groups in total. The average molecular weight is 576 g/mol. The maximum atomic E-state index is 13.4. The van der Waals surface area contributed by atoms with Crippen LogP contribution in [0.15, 0.2) is 30.3 Å². The second kappa shape index (κ2) is 12.1. The molecule has 0 bridgehead atoms. The predicted molar refractivity (Wildman–Crippen MR) is 137 cm³/mol. The van der Waals surface area contributed by atoms with Crippen LogP contribution >= 0.6 is 0 Å². The molecule has 2 aliphatic heterocycles. The Hall–Kier alpha value is -3.26. The minimum absolute atomic E-state index is 0.00240. The van der Waals surface area contributed by atoms with Crippen LogP contribution in [0.5, 0.6) is 0 Å². The molecule has 1 aromatic heterocycles. The zero-order chi connectivity index (χ0) is 29.1. The van der Waals surface area contributed by atoms with Gasteiger partial charge in [-0.25, -0.2) is 9.78 Å². The zero-order valence-electron chi connectivity index (χ0n) is 21.8. The first kappa shape index (κ1) is 29.7. The van der Waals surface area contributed by atoms with Crippen molar-refractivity contribution >= 4 is 23.4 Å². The third kappa shape index (κ3) is 7.68. The van der Waals surface area contributed by atoms with E-state index in [1.807, 2.05) is 4.90 Å². The molecule has 0 aliphatic carbocycles. The number of pyridine rings is 1. The minimum atomic E-state index is -4.71. The van der Waals surface area contributed by atoms with Gasteiger partial charge in [-0.2, -0.15) is 26.3 Å². The van der Waals surface area contributed by atoms with Crippen molar-refractivity contribution in [1.82, 2.24) is 9.88 Å². The number of aromatic nitrogens is 1. The molecule has 40 heavy (non-hydrogen) atoms. The monoisotopic (exact) mass is 575 g/mol. The van der Waals surface area contributed by atoms with Crippen LogP contribution in [-0.2, 0) is 4.74 Å². The first-order valence-corrected chi connectivity index (χ1v) is 12.8. The van der Waals surface area contributed by atoms with Gasteiger partial charge in [0.2, 0.25) is 0 Å². The molecular formula is C26H31F6N5O3. The van der Waals surface area contributed by atoms with E-state index in [4.69, 9.17) is 4.74 Å². The Balaban J connectivity index is 1.59. The molecule has 1 aromatic carbocycles. The number of carbonyl (C=O) groups is 1. The second-order valence-corrected chi connectivity index (χ2v) is 10.00. The number of hydrogen-bond donors (Lipinski definition) is 3. The lowest BCUT2D eigenvalue weighted by molar-refractivity contribution is -0.149. The highest BCUT2D eigenvalue weighted by molar-refractivity contribution is 5.91. The number of nitrogens with zero attached hydrogens (tertiary/aromatic N) is 3. The Labute approximate surface area is 227 Å². The molecule has 4 rings (SSSR count). The van der Waals surface area contributed by atoms with Crippen molar-refractivity contribution in [1.29, 1.82) is 0 Å². The first-order chi connectivity index (χ1) is 18.8. The number of nitrogens with one attached hydrogen (secondary N) is 2. The summed E-state index contributed by atoms with van der Waals surface area (Å²) in [5.41, 5.74) is 2.29. The van der Waals surface area contributed by atoms with Gasteiger partial charge in [0.25, 0.3) is 0 Å². The third-order valence-corrected chi connectivity index (χ3v) is 6.94. The summed E-state index contributed by atoms with van der Waals surface area (Å²) in [4.78, 5) is 20.4. The van der Waals surface area contributed by atoms with Gasteiger partial charge >= 0.3 is 18.4 Å². The molecule has 220 valence electrons. The summed E-state index contributed by atoms with van der Waals surface area (Å²) in [7, 11) is 0. The molecule has 0 radical (unpaired) electrons. The van der Waals surface area contributed by atoms with Gasteiger partial charge in [-0.05, 0) is 60.2 Å². The van der Waals surface area contributed by atoms with E-state index in [1.165, 1.54) is 11.0 Å². The van der Waals surface area contributed by atoms with Crippen LogP contribution in [0.4, 0.5) is 48.5 Å². The fourth-order valence-electron chi connectivity index (χ4n) is 4.83. The van der Waals surface area contributed by atoms with E-state index in [9.17, 15) is 36.2 Å². The molecule has 0 unspecified atom stereocenters. The van der Waals surface area contributed by atoms with Crippen molar-refractivity contribution in [3.63, 3.8) is 0 Å². The average Bonchev–Trinajstić information content (AvgIpc) is 3.35. The minimum Gasteiger partial charge on any atom is -0.394 e. The molecule has 2 atom stereocenters. The van der Waals surface area contributed by atoms with Crippen LogP contribution in [0.25, 0.3) is 11.1 Å². The Bertz CT molecular complexity index is 1190. The lowest BCUT2D eigenvalue weighted by atomic mass is 10.00. The largest absolute Gasteiger partial charge is 0.410 e. The Kier molecular flexibility index (Phi) is 8.98. The van der Waals surface area contributed by atoms with Crippen LogP contribution in [-0.4, -0.2) is 85.4 Å². The maximum Gasteiger partial charge on any atom is 0.410 e. The summed E-state index contributed by atoms with van der Waals surface area (Å²) in [6, 6.07) is 5.46. The van der Waals surface area contributed by atoms with Gasteiger partial charge in [0, 0.05) is 38.3 Å². The predicted octanol–water partition coefficient (Wildman–Crippen LogP) is 5.03. The summed E-state index contributed by atoms with van der Waals surface area (Å²) in [5.74, 6) is -0.319. The number of halogens is 6. The number of likely N-dealkylation sites (tertiary alicyclic amines) is 1. The molecule has 2 fully saturated rings. The van der Waals surface area contributed by atoms with Crippen molar-refractivity contribution in [2.45, 2.75) is 38.2 Å². The number of alkyl halides is 6. The van der Waals surface area contributed by atoms with E-state index in [0.717, 1.165) is 5.56 Å². The van der Waals surface area contributed by atoms with Gasteiger partial charge in [-0.1, -0.05) is 6.07 Å². The summed E-state index contributed by atoms with van der Waals surface area (Å²) < 4.78 is 83.7. The number of rotatable bonds is 7. The maximum absolute atomic E-state index is 13.4. The van der Waals surface area contributed by atoms with Gasteiger partial charge in [-0.3, -0.25) is 0 Å². The third-order valence-electron chi connectivity index (χ3n) is 6.94. The number of anilines is 3. The first-order valence-electron chi connectivity index (χ1n) is 12.8. The Morgan fingerprint density at radius 3 is 2.50 bits per heavy atom. The number of aliphatic hydroxyl groups excluding tert-OH is 1. The Morgan fingerprint density at radius 1 is 1.12 bits per heavy atom. The number of aliphatic hydroxyl groups is 1. The standard InChI is InChI=1S/C26H31F6N5O3/c1-16-2-3-19(33-24(39)37-5-4-17(14-37)13-25(27,28)29)12-20(16)18-10-22(34-21(15-38)26(30,31)32)35-23(11-18)36-6-8-40-9-7-36/h2-3,10-12,17,21,38H,4-9,13-15H2,1H3,(H,33,39)(H,34,35)/t17-,21-/m0/s1. The fourth-order valence-corrected chi connectivity index (χ4v) is 4.83. The number of amides is 2. The molecule has 0 saturated carbocycles. The van der Waals surface area contributed by atoms with Crippen LogP contribution < -0.4 is 15.5 Å². The summed E-state index contributed by atoms with van der Waals surface area (Å²) >= 11 is 0. The number of aryl methyl sites for hydroxylation is 1. The molecule has 2 amide bonds. The molecule has 2 saturated heterocycles. The van der Waals surface area contributed by atoms with Crippen molar-refractivity contribution < 1.29 is 41.0 Å². The number of urea groups is 1. The normalized spacial score (nSPS) is 19.1. The molecule has 3 heterocycles. The quantitative estimate of drug-likeness (QED) is 0.401. The van der Waals surface area contributed by atoms with Crippen molar-refractivity contribution in [2.75, 3.05) is 61.5 Å². The van der Waals surface area contributed by atoms with Gasteiger partial charge < -0.3 is 30.3 Å². The topological polar surface area (TPSA) is 90.0 Å². The molecule has 8 nitrogen and oxygen atoms in total. The molecule has 0 spiro atoms. The lowest BCUT2D eigenvalue weighted by Crippen LogP contribution is -2.40. The molecule has 2 aromatic rings. The van der Waals surface area contributed by atoms with Crippen molar-refractivity contribution in [3.8, 4) is 11.1 Å². The smallest absolute Gasteiger partial charge is 0.394 e. The highest BCUT2D eigenvalue weighted by Crippen LogP contribution is 2.34. The summed E-state index contributed by atoms with van der Waals surface area (Å²) in [5, 5.41) is 14.3. The highest BCUT2D eigenvalue weighted by Gasteiger charge is 2.40. The molecule has 14 heteroatoms. The van der Waals surface area contributed by atoms with Gasteiger partial charge in [0.05, 0.1) is 19.8 Å². The van der Waals surface area contributed by atoms with Gasteiger partial charge in [0.15, 0.2) is 0 Å². The van der Waals surface area contributed by atoms with E-state index in [-0.39, 0.29) is 25.3 Å². The fraction of sp³-hybridized carbons (Fsp3) is 0.538. The Morgan fingerprint density at radius 2 is 1.85 bits per heavy atom. The van der Waals surface area contributed by atoms with E-state index in [1.54, 1.807) is 31.2 Å². The number of hydrogen-bond acceptors (Lipinski definition) is 6. The highest BCUT2D eigenvalue weighted by atomic mass is 19.4. The van der Waals surface area contributed by atoms with Gasteiger partial charge in [-0.15, -0.1) is 0 Å². The van der Waals surface area contributed by atoms with E-state index >= 15 is 0 Å². The van der Waals surface area contributed by atoms with Crippen molar-refractivity contribution in [2.24, 2.45) is 5.92 Å². The number of morpholine rings is 1. The van der Waals surface area contributed by atoms with E-state index in [2.05, 4.69) is 15.6 Å². The molecular weight excluding hydrogens is 544 g/mol. The van der Waals surface area contributed by atoms with Crippen molar-refractivity contribution in [3.05, 3.63) is 35.9 Å². The number of ether oxygens (including phenoxy) is 1. The van der Waals surface area contributed by atoms with E-state index in [0.29, 0.717) is 48.9 Å². The number of benzene rings is 1. The van der Waals surface area contributed by atoms with Crippen LogP contribution in [0.2, 0.25) is 0 Å². The van der Waals surface area contributed by atoms with Crippen LogP contribution in [0, 0.1) is 12.8 Å².